The lowest BCUT2D eigenvalue weighted by atomic mass is 10.4. The summed E-state index contributed by atoms with van der Waals surface area (Å²) < 4.78 is 26.5. The summed E-state index contributed by atoms with van der Waals surface area (Å²) in [5.74, 6) is -1.15. The zero-order valence-electron chi connectivity index (χ0n) is 9.87. The maximum atomic E-state index is 12.1. The molecule has 0 radical (unpaired) electrons. The van der Waals surface area contributed by atoms with Gasteiger partial charge in [-0.3, -0.25) is 4.72 Å². The molecular formula is C9H9N3O4S3. The highest BCUT2D eigenvalue weighted by atomic mass is 32.2. The number of nitrogens with one attached hydrogen (secondary N) is 1. The molecule has 19 heavy (non-hydrogen) atoms. The SMILES string of the molecule is Cc1nnc(NS(=O)(=O)c2cc(C(=O)O)sc2C)s1. The fourth-order valence-electron chi connectivity index (χ4n) is 1.35. The molecule has 2 heterocycles. The lowest BCUT2D eigenvalue weighted by Gasteiger charge is -2.02. The first-order valence-electron chi connectivity index (χ1n) is 4.96. The molecule has 0 aliphatic rings. The van der Waals surface area contributed by atoms with E-state index in [1.54, 1.807) is 13.8 Å². The third-order valence-electron chi connectivity index (χ3n) is 2.12. The van der Waals surface area contributed by atoms with E-state index in [1.807, 2.05) is 0 Å². The van der Waals surface area contributed by atoms with E-state index in [0.717, 1.165) is 28.7 Å². The number of hydrogen-bond acceptors (Lipinski definition) is 7. The molecule has 0 amide bonds. The van der Waals surface area contributed by atoms with Gasteiger partial charge in [0.25, 0.3) is 10.0 Å². The van der Waals surface area contributed by atoms with E-state index in [0.29, 0.717) is 9.88 Å². The molecule has 2 rings (SSSR count). The molecule has 2 N–H and O–H groups in total. The van der Waals surface area contributed by atoms with Gasteiger partial charge < -0.3 is 5.11 Å². The van der Waals surface area contributed by atoms with Crippen molar-refractivity contribution < 1.29 is 18.3 Å². The molecule has 0 aliphatic heterocycles. The largest absolute Gasteiger partial charge is 0.477 e. The Morgan fingerprint density at radius 3 is 2.47 bits per heavy atom. The van der Waals surface area contributed by atoms with Crippen LogP contribution in [0.2, 0.25) is 0 Å². The quantitative estimate of drug-likeness (QED) is 0.888. The average molecular weight is 319 g/mol. The van der Waals surface area contributed by atoms with Gasteiger partial charge >= 0.3 is 5.97 Å². The van der Waals surface area contributed by atoms with Gasteiger partial charge in [0, 0.05) is 4.88 Å². The second-order valence-corrected chi connectivity index (χ2v) is 7.66. The maximum absolute atomic E-state index is 12.1. The number of aromatic nitrogens is 2. The number of sulfonamides is 1. The minimum absolute atomic E-state index is 0.0219. The Morgan fingerprint density at radius 2 is 2.00 bits per heavy atom. The summed E-state index contributed by atoms with van der Waals surface area (Å²) in [5.41, 5.74) is 0. The predicted molar refractivity (Wildman–Crippen MR) is 71.5 cm³/mol. The summed E-state index contributed by atoms with van der Waals surface area (Å²) in [6.45, 7) is 3.25. The number of rotatable bonds is 4. The first-order chi connectivity index (χ1) is 8.79. The van der Waals surface area contributed by atoms with E-state index in [-0.39, 0.29) is 14.9 Å². The third-order valence-corrected chi connectivity index (χ3v) is 5.64. The smallest absolute Gasteiger partial charge is 0.345 e. The van der Waals surface area contributed by atoms with Gasteiger partial charge in [0.2, 0.25) is 5.13 Å². The Bertz CT molecular complexity index is 732. The number of anilines is 1. The first-order valence-corrected chi connectivity index (χ1v) is 8.08. The highest BCUT2D eigenvalue weighted by Gasteiger charge is 2.23. The fraction of sp³-hybridized carbons (Fsp3) is 0.222. The molecule has 2 aromatic rings. The van der Waals surface area contributed by atoms with Gasteiger partial charge in [0.15, 0.2) is 0 Å². The number of carboxylic acids is 1. The van der Waals surface area contributed by atoms with Crippen LogP contribution in [0.15, 0.2) is 11.0 Å². The van der Waals surface area contributed by atoms with Crippen molar-refractivity contribution >= 4 is 43.8 Å². The van der Waals surface area contributed by atoms with Gasteiger partial charge in [-0.15, -0.1) is 21.5 Å². The van der Waals surface area contributed by atoms with Crippen LogP contribution in [0.5, 0.6) is 0 Å². The second-order valence-electron chi connectivity index (χ2n) is 3.57. The number of carboxylic acid groups (broad SMARTS) is 1. The average Bonchev–Trinajstić information content (AvgIpc) is 2.85. The predicted octanol–water partition coefficient (Wildman–Crippen LogP) is 1.72. The van der Waals surface area contributed by atoms with Crippen LogP contribution < -0.4 is 4.72 Å². The topological polar surface area (TPSA) is 109 Å². The van der Waals surface area contributed by atoms with Crippen molar-refractivity contribution in [2.45, 2.75) is 18.7 Å². The lowest BCUT2D eigenvalue weighted by molar-refractivity contribution is 0.0702. The van der Waals surface area contributed by atoms with E-state index in [2.05, 4.69) is 14.9 Å². The molecule has 0 spiro atoms. The van der Waals surface area contributed by atoms with E-state index in [4.69, 9.17) is 5.11 Å². The minimum Gasteiger partial charge on any atom is -0.477 e. The van der Waals surface area contributed by atoms with Crippen LogP contribution in [0.3, 0.4) is 0 Å². The molecule has 102 valence electrons. The highest BCUT2D eigenvalue weighted by molar-refractivity contribution is 7.93. The number of aromatic carboxylic acids is 1. The number of nitrogens with zero attached hydrogens (tertiary/aromatic N) is 2. The van der Waals surface area contributed by atoms with Crippen LogP contribution in [-0.2, 0) is 10.0 Å². The summed E-state index contributed by atoms with van der Waals surface area (Å²) in [7, 11) is -3.84. The Hall–Kier alpha value is -1.52. The van der Waals surface area contributed by atoms with Crippen LogP contribution in [0, 0.1) is 13.8 Å². The molecule has 0 fully saturated rings. The van der Waals surface area contributed by atoms with Gasteiger partial charge in [-0.2, -0.15) is 0 Å². The normalized spacial score (nSPS) is 11.5. The standard InChI is InChI=1S/C9H9N3O4S3/c1-4-7(3-6(17-4)8(13)14)19(15,16)12-9-11-10-5(2)18-9/h3H,1-2H3,(H,11,12)(H,13,14). The van der Waals surface area contributed by atoms with Gasteiger partial charge in [0.05, 0.1) is 0 Å². The van der Waals surface area contributed by atoms with Crippen molar-refractivity contribution in [1.29, 1.82) is 0 Å². The van der Waals surface area contributed by atoms with Crippen LogP contribution in [-0.4, -0.2) is 29.7 Å². The summed E-state index contributed by atoms with van der Waals surface area (Å²) in [6, 6.07) is 1.14. The summed E-state index contributed by atoms with van der Waals surface area (Å²) >= 11 is 2.02. The number of aryl methyl sites for hydroxylation is 2. The number of carbonyl (C=O) groups is 1. The molecule has 0 atom stereocenters. The zero-order chi connectivity index (χ0) is 14.2. The van der Waals surface area contributed by atoms with Crippen molar-refractivity contribution in [3.05, 3.63) is 20.8 Å². The molecule has 0 aliphatic carbocycles. The minimum atomic E-state index is -3.84. The molecule has 7 nitrogen and oxygen atoms in total. The Morgan fingerprint density at radius 1 is 1.32 bits per heavy atom. The molecule has 10 heteroatoms. The van der Waals surface area contributed by atoms with Crippen molar-refractivity contribution in [3.63, 3.8) is 0 Å². The Kier molecular flexibility index (Phi) is 3.56. The van der Waals surface area contributed by atoms with Gasteiger partial charge in [0.1, 0.15) is 14.8 Å². The molecule has 0 saturated carbocycles. The van der Waals surface area contributed by atoms with Gasteiger partial charge in [-0.05, 0) is 19.9 Å². The first kappa shape index (κ1) is 13.9. The number of hydrogen-bond donors (Lipinski definition) is 2. The van der Waals surface area contributed by atoms with Crippen LogP contribution >= 0.6 is 22.7 Å². The van der Waals surface area contributed by atoms with E-state index < -0.39 is 16.0 Å². The third kappa shape index (κ3) is 2.91. The van der Waals surface area contributed by atoms with Crippen molar-refractivity contribution in [2.24, 2.45) is 0 Å². The maximum Gasteiger partial charge on any atom is 0.345 e. The monoisotopic (exact) mass is 319 g/mol. The van der Waals surface area contributed by atoms with Crippen LogP contribution in [0.4, 0.5) is 5.13 Å². The Labute approximate surface area is 117 Å². The van der Waals surface area contributed by atoms with Gasteiger partial charge in [-0.1, -0.05) is 11.3 Å². The van der Waals surface area contributed by atoms with Crippen molar-refractivity contribution in [1.82, 2.24) is 10.2 Å². The lowest BCUT2D eigenvalue weighted by Crippen LogP contribution is -2.13. The second kappa shape index (κ2) is 4.87. The number of thiophene rings is 1. The van der Waals surface area contributed by atoms with E-state index >= 15 is 0 Å². The Balaban J connectivity index is 2.37. The highest BCUT2D eigenvalue weighted by Crippen LogP contribution is 2.28. The van der Waals surface area contributed by atoms with Crippen molar-refractivity contribution in [3.8, 4) is 0 Å². The van der Waals surface area contributed by atoms with Gasteiger partial charge in [-0.25, -0.2) is 13.2 Å². The van der Waals surface area contributed by atoms with Crippen LogP contribution in [0.25, 0.3) is 0 Å². The molecule has 0 saturated heterocycles. The molecular weight excluding hydrogens is 310 g/mol. The van der Waals surface area contributed by atoms with Crippen molar-refractivity contribution in [2.75, 3.05) is 4.72 Å². The molecule has 0 bridgehead atoms. The zero-order valence-corrected chi connectivity index (χ0v) is 12.3. The summed E-state index contributed by atoms with van der Waals surface area (Å²) in [4.78, 5) is 11.2. The fourth-order valence-corrected chi connectivity index (χ4v) is 4.60. The van der Waals surface area contributed by atoms with Crippen LogP contribution in [0.1, 0.15) is 19.6 Å². The van der Waals surface area contributed by atoms with E-state index in [1.165, 1.54) is 0 Å². The summed E-state index contributed by atoms with van der Waals surface area (Å²) in [5, 5.41) is 17.0. The van der Waals surface area contributed by atoms with E-state index in [9.17, 15) is 13.2 Å². The summed E-state index contributed by atoms with van der Waals surface area (Å²) in [6.07, 6.45) is 0. The molecule has 2 aromatic heterocycles. The molecule has 0 unspecified atom stereocenters. The molecule has 0 aromatic carbocycles.